The van der Waals surface area contributed by atoms with Crippen molar-refractivity contribution in [2.45, 2.75) is 32.4 Å². The first-order valence-corrected chi connectivity index (χ1v) is 17.7. The number of rotatable bonds is 12. The number of nitrogens with one attached hydrogen (secondary N) is 3. The van der Waals surface area contributed by atoms with Crippen LogP contribution in [-0.4, -0.2) is 63.5 Å². The summed E-state index contributed by atoms with van der Waals surface area (Å²) >= 11 is 13.8. The molecule has 3 aromatic heterocycles. The molecule has 1 saturated carbocycles. The normalized spacial score (nSPS) is 14.0. The molecule has 0 unspecified atom stereocenters. The lowest BCUT2D eigenvalue weighted by molar-refractivity contribution is 0.100. The highest BCUT2D eigenvalue weighted by Crippen LogP contribution is 2.40. The zero-order chi connectivity index (χ0) is 36.4. The monoisotopic (exact) mass is 740 g/mol. The minimum atomic E-state index is -0.476. The second-order valence-corrected chi connectivity index (χ2v) is 13.6. The minimum absolute atomic E-state index is 0.141. The first-order chi connectivity index (χ1) is 25.2. The zero-order valence-corrected chi connectivity index (χ0v) is 30.5. The van der Waals surface area contributed by atoms with Gasteiger partial charge in [-0.3, -0.25) is 19.5 Å². The van der Waals surface area contributed by atoms with E-state index < -0.39 is 5.91 Å². The maximum Gasteiger partial charge on any atom is 0.291 e. The van der Waals surface area contributed by atoms with E-state index in [-0.39, 0.29) is 16.6 Å². The van der Waals surface area contributed by atoms with Crippen LogP contribution in [0.25, 0.3) is 11.1 Å². The second kappa shape index (κ2) is 15.2. The fourth-order valence-corrected chi connectivity index (χ4v) is 6.93. The van der Waals surface area contributed by atoms with Crippen molar-refractivity contribution < 1.29 is 19.1 Å². The summed E-state index contributed by atoms with van der Waals surface area (Å²) in [6.45, 7) is 3.21. The number of methoxy groups -OCH3 is 2. The molecule has 52 heavy (non-hydrogen) atoms. The molecule has 1 aliphatic carbocycles. The van der Waals surface area contributed by atoms with Crippen molar-refractivity contribution >= 4 is 52.1 Å². The van der Waals surface area contributed by atoms with Crippen LogP contribution >= 0.6 is 23.2 Å². The Hall–Kier alpha value is -5.17. The Balaban J connectivity index is 1.05. The Morgan fingerprint density at radius 1 is 0.923 bits per heavy atom. The number of imidazole rings is 1. The molecule has 1 aliphatic heterocycles. The van der Waals surface area contributed by atoms with Crippen LogP contribution in [0, 0.1) is 5.92 Å². The molecule has 1 fully saturated rings. The van der Waals surface area contributed by atoms with E-state index in [1.807, 2.05) is 17.7 Å². The van der Waals surface area contributed by atoms with Gasteiger partial charge in [-0.1, -0.05) is 47.5 Å². The van der Waals surface area contributed by atoms with Crippen molar-refractivity contribution in [2.24, 2.45) is 13.0 Å². The van der Waals surface area contributed by atoms with Crippen LogP contribution in [0.15, 0.2) is 67.0 Å². The highest BCUT2D eigenvalue weighted by Gasteiger charge is 2.30. The quantitative estimate of drug-likeness (QED) is 0.123. The van der Waals surface area contributed by atoms with Crippen LogP contribution in [0.5, 0.6) is 11.6 Å². The van der Waals surface area contributed by atoms with Crippen molar-refractivity contribution in [2.75, 3.05) is 43.3 Å². The molecule has 2 amide bonds. The van der Waals surface area contributed by atoms with E-state index in [0.717, 1.165) is 54.6 Å². The van der Waals surface area contributed by atoms with Gasteiger partial charge in [-0.25, -0.2) is 9.97 Å². The van der Waals surface area contributed by atoms with Crippen LogP contribution in [0.4, 0.5) is 17.1 Å². The topological polar surface area (TPSA) is 136 Å². The lowest BCUT2D eigenvalue weighted by atomic mass is 10.0. The molecule has 12 nitrogen and oxygen atoms in total. The predicted molar refractivity (Wildman–Crippen MR) is 202 cm³/mol. The van der Waals surface area contributed by atoms with Crippen molar-refractivity contribution in [3.63, 3.8) is 0 Å². The van der Waals surface area contributed by atoms with Gasteiger partial charge in [0.15, 0.2) is 5.82 Å². The number of aromatic nitrogens is 4. The number of hydrogen-bond acceptors (Lipinski definition) is 9. The average Bonchev–Trinajstić information content (AvgIpc) is 3.92. The fraction of sp³-hybridized carbons (Fsp3) is 0.289. The molecule has 5 aromatic rings. The Morgan fingerprint density at radius 2 is 1.63 bits per heavy atom. The minimum Gasteiger partial charge on any atom is -0.496 e. The molecule has 3 N–H and O–H groups in total. The summed E-state index contributed by atoms with van der Waals surface area (Å²) in [5.41, 5.74) is 5.67. The largest absolute Gasteiger partial charge is 0.496 e. The number of hydrogen-bond donors (Lipinski definition) is 3. The maximum atomic E-state index is 13.5. The second-order valence-electron chi connectivity index (χ2n) is 12.9. The number of halogens is 2. The third kappa shape index (κ3) is 7.55. The lowest BCUT2D eigenvalue weighted by Crippen LogP contribution is -2.32. The summed E-state index contributed by atoms with van der Waals surface area (Å²) in [4.78, 5) is 42.6. The van der Waals surface area contributed by atoms with E-state index in [1.165, 1.54) is 20.0 Å². The third-order valence-electron chi connectivity index (χ3n) is 9.36. The van der Waals surface area contributed by atoms with Gasteiger partial charge in [-0.15, -0.1) is 0 Å². The van der Waals surface area contributed by atoms with Crippen LogP contribution in [0.3, 0.4) is 0 Å². The molecule has 0 spiro atoms. The highest BCUT2D eigenvalue weighted by atomic mass is 35.5. The zero-order valence-electron chi connectivity index (χ0n) is 29.0. The average molecular weight is 742 g/mol. The van der Waals surface area contributed by atoms with Crippen LogP contribution in [-0.2, 0) is 26.6 Å². The Labute approximate surface area is 311 Å². The number of benzene rings is 2. The summed E-state index contributed by atoms with van der Waals surface area (Å²) in [5.74, 6) is 1.28. The number of carbonyl (C=O) groups is 2. The first kappa shape index (κ1) is 35.2. The molecule has 7 rings (SSSR count). The van der Waals surface area contributed by atoms with Gasteiger partial charge in [0.05, 0.1) is 41.3 Å². The van der Waals surface area contributed by atoms with E-state index in [4.69, 9.17) is 37.7 Å². The van der Waals surface area contributed by atoms with Crippen molar-refractivity contribution in [1.29, 1.82) is 0 Å². The number of carbonyl (C=O) groups excluding carboxylic acids is 2. The Kier molecular flexibility index (Phi) is 10.3. The number of nitrogens with zero attached hydrogens (tertiary/aromatic N) is 5. The number of pyridine rings is 2. The van der Waals surface area contributed by atoms with Gasteiger partial charge in [0.25, 0.3) is 11.8 Å². The van der Waals surface area contributed by atoms with Crippen LogP contribution < -0.4 is 25.4 Å². The molecule has 4 heterocycles. The van der Waals surface area contributed by atoms with Gasteiger partial charge >= 0.3 is 0 Å². The van der Waals surface area contributed by atoms with Gasteiger partial charge in [0.1, 0.15) is 11.4 Å². The number of fused-ring (bicyclic) bond motifs is 1. The maximum absolute atomic E-state index is 13.5. The lowest BCUT2D eigenvalue weighted by Gasteiger charge is -2.26. The summed E-state index contributed by atoms with van der Waals surface area (Å²) in [6, 6.07) is 15.7. The standard InChI is InChI=1S/C38H38Cl2N8O4/c1-47-31-13-15-48(20-22-10-11-22)21-30(31)44-36(47)38(50)46-28-9-5-7-26(35(28)40)25-6-4-8-27(34(25)39)45-37(49)29-17-32(51-2)23(19-43-29)18-42-24-12-14-41-33(16-24)52-3/h4-9,12,14,16-17,19,22H,10-11,13,15,18,20-21H2,1-3H3,(H,41,42)(H,45,49)(H,46,50). The summed E-state index contributed by atoms with van der Waals surface area (Å²) < 4.78 is 12.6. The molecule has 0 bridgehead atoms. The van der Waals surface area contributed by atoms with Gasteiger partial charge in [0.2, 0.25) is 5.88 Å². The molecular weight excluding hydrogens is 703 g/mol. The van der Waals surface area contributed by atoms with E-state index in [9.17, 15) is 9.59 Å². The van der Waals surface area contributed by atoms with Crippen LogP contribution in [0.2, 0.25) is 10.0 Å². The molecule has 268 valence electrons. The van der Waals surface area contributed by atoms with Crippen molar-refractivity contribution in [3.8, 4) is 22.8 Å². The van der Waals surface area contributed by atoms with Gasteiger partial charge in [0, 0.05) is 92.2 Å². The third-order valence-corrected chi connectivity index (χ3v) is 10.2. The molecule has 0 saturated heterocycles. The predicted octanol–water partition coefficient (Wildman–Crippen LogP) is 7.09. The highest BCUT2D eigenvalue weighted by molar-refractivity contribution is 6.40. The van der Waals surface area contributed by atoms with Crippen LogP contribution in [0.1, 0.15) is 50.9 Å². The van der Waals surface area contributed by atoms with E-state index >= 15 is 0 Å². The van der Waals surface area contributed by atoms with E-state index in [2.05, 4.69) is 30.8 Å². The smallest absolute Gasteiger partial charge is 0.291 e. The fourth-order valence-electron chi connectivity index (χ4n) is 6.38. The Morgan fingerprint density at radius 3 is 2.31 bits per heavy atom. The number of anilines is 3. The number of amides is 2. The summed E-state index contributed by atoms with van der Waals surface area (Å²) in [6.07, 6.45) is 6.69. The van der Waals surface area contributed by atoms with Gasteiger partial charge in [-0.2, -0.15) is 0 Å². The molecule has 0 atom stereocenters. The molecular formula is C38H38Cl2N8O4. The van der Waals surface area contributed by atoms with E-state index in [0.29, 0.717) is 51.5 Å². The molecule has 14 heteroatoms. The van der Waals surface area contributed by atoms with Crippen molar-refractivity contribution in [1.82, 2.24) is 24.4 Å². The number of ether oxygens (including phenoxy) is 2. The van der Waals surface area contributed by atoms with Crippen molar-refractivity contribution in [3.05, 3.63) is 106 Å². The Bertz CT molecular complexity index is 2150. The van der Waals surface area contributed by atoms with Gasteiger partial charge in [-0.05, 0) is 37.0 Å². The summed E-state index contributed by atoms with van der Waals surface area (Å²) in [5, 5.41) is 9.67. The first-order valence-electron chi connectivity index (χ1n) is 17.0. The molecule has 2 aliphatic rings. The molecule has 0 radical (unpaired) electrons. The van der Waals surface area contributed by atoms with Gasteiger partial charge < -0.3 is 30.0 Å². The SMILES string of the molecule is COc1cc(NCc2cnc(C(=O)Nc3cccc(-c4cccc(NC(=O)c5nc6c(n5C)CCN(CC5CC5)C6)c4Cl)c3Cl)cc2OC)ccn1. The molecule has 2 aromatic carbocycles. The summed E-state index contributed by atoms with van der Waals surface area (Å²) in [7, 11) is 4.97. The van der Waals surface area contributed by atoms with E-state index in [1.54, 1.807) is 68.0 Å².